The summed E-state index contributed by atoms with van der Waals surface area (Å²) in [4.78, 5) is 23.0. The summed E-state index contributed by atoms with van der Waals surface area (Å²) in [5.41, 5.74) is 1.25. The van der Waals surface area contributed by atoms with Crippen LogP contribution in [0, 0.1) is 0 Å². The predicted octanol–water partition coefficient (Wildman–Crippen LogP) is 5.53. The molecule has 0 aliphatic carbocycles. The highest BCUT2D eigenvalue weighted by Gasteiger charge is 2.42. The molecule has 0 heterocycles. The molecule has 0 saturated carbocycles. The first-order valence-corrected chi connectivity index (χ1v) is 24.3. The van der Waals surface area contributed by atoms with Gasteiger partial charge in [-0.05, 0) is 82.7 Å². The molecule has 0 aromatic carbocycles. The Morgan fingerprint density at radius 2 is 1.32 bits per heavy atom. The minimum atomic E-state index is -2.40. The number of carboxylic acids is 1. The molecule has 38 heavy (non-hydrogen) atoms. The summed E-state index contributed by atoms with van der Waals surface area (Å²) in [5, 5.41) is 11.8. The lowest BCUT2D eigenvalue weighted by Gasteiger charge is -2.37. The van der Waals surface area contributed by atoms with E-state index in [-0.39, 0.29) is 12.3 Å². The van der Waals surface area contributed by atoms with Crippen molar-refractivity contribution in [2.45, 2.75) is 121 Å². The molecule has 0 aliphatic rings. The van der Waals surface area contributed by atoms with Gasteiger partial charge in [-0.25, -0.2) is 0 Å². The molecule has 12 heteroatoms. The van der Waals surface area contributed by atoms with Gasteiger partial charge in [-0.3, -0.25) is 9.59 Å². The highest BCUT2D eigenvalue weighted by Crippen LogP contribution is 2.29. The molecule has 2 N–H and O–H groups in total. The fraction of sp³-hybridized carbons (Fsp3) is 0.923. The molecule has 0 fully saturated rings. The van der Waals surface area contributed by atoms with E-state index in [1.807, 2.05) is 13.8 Å². The molecule has 222 valence electrons. The molecule has 1 amide bonds. The first-order chi connectivity index (χ1) is 17.6. The van der Waals surface area contributed by atoms with Crippen LogP contribution in [0.25, 0.3) is 0 Å². The van der Waals surface area contributed by atoms with E-state index in [0.29, 0.717) is 36.4 Å². The van der Waals surface area contributed by atoms with Gasteiger partial charge in [0.15, 0.2) is 16.6 Å². The zero-order chi connectivity index (χ0) is 29.2. The Balaban J connectivity index is 4.46. The van der Waals surface area contributed by atoms with E-state index in [9.17, 15) is 18.5 Å². The zero-order valence-electron chi connectivity index (χ0n) is 25.5. The van der Waals surface area contributed by atoms with Crippen LogP contribution >= 0.6 is 0 Å². The van der Waals surface area contributed by atoms with Crippen molar-refractivity contribution in [3.63, 3.8) is 0 Å². The van der Waals surface area contributed by atoms with Crippen molar-refractivity contribution < 1.29 is 32.2 Å². The number of hydrogen-bond acceptors (Lipinski definition) is 5. The molecular formula is C26H57N2O6Si4+. The van der Waals surface area contributed by atoms with Crippen molar-refractivity contribution in [2.24, 2.45) is 0 Å². The molecule has 0 aromatic rings. The van der Waals surface area contributed by atoms with Gasteiger partial charge in [0.1, 0.15) is 0 Å². The number of nitrogens with zero attached hydrogens (tertiary/aromatic N) is 1. The van der Waals surface area contributed by atoms with Crippen LogP contribution in [0.15, 0.2) is 0 Å². The highest BCUT2D eigenvalue weighted by molar-refractivity contribution is 6.94. The third kappa shape index (κ3) is 20.3. The van der Waals surface area contributed by atoms with Crippen LogP contribution in [0.5, 0.6) is 0 Å². The van der Waals surface area contributed by atoms with Gasteiger partial charge in [-0.15, -0.1) is 0 Å². The van der Waals surface area contributed by atoms with Crippen molar-refractivity contribution >= 4 is 45.9 Å². The number of quaternary nitrogens is 1. The lowest BCUT2D eigenvalue weighted by Crippen LogP contribution is -2.50. The number of nitrogens with one attached hydrogen (secondary N) is 1. The fourth-order valence-electron chi connectivity index (χ4n) is 4.81. The molecule has 0 rings (SSSR count). The molecule has 0 bridgehead atoms. The number of carbonyl (C=O) groups is 2. The molecule has 0 spiro atoms. The maximum Gasteiger partial charge on any atom is 0.303 e. The Labute approximate surface area is 237 Å². The van der Waals surface area contributed by atoms with Gasteiger partial charge in [0, 0.05) is 30.7 Å². The number of carbonyl (C=O) groups excluding carboxylic acids is 1. The van der Waals surface area contributed by atoms with Crippen molar-refractivity contribution in [3.05, 3.63) is 0 Å². The van der Waals surface area contributed by atoms with Gasteiger partial charge < -0.3 is 27.9 Å². The van der Waals surface area contributed by atoms with Crippen LogP contribution in [0.3, 0.4) is 0 Å². The number of unbranched alkanes of at least 4 members (excludes halogenated alkanes) is 4. The van der Waals surface area contributed by atoms with E-state index in [1.54, 1.807) is 0 Å². The van der Waals surface area contributed by atoms with E-state index in [0.717, 1.165) is 68.6 Å². The van der Waals surface area contributed by atoms with Gasteiger partial charge in [-0.1, -0.05) is 13.8 Å². The first kappa shape index (κ1) is 37.3. The molecule has 0 unspecified atom stereocenters. The molecule has 0 atom stereocenters. The van der Waals surface area contributed by atoms with Crippen LogP contribution in [0.4, 0.5) is 0 Å². The maximum absolute atomic E-state index is 12.6. The molecular weight excluding hydrogens is 549 g/mol. The minimum Gasteiger partial charge on any atom is -0.481 e. The van der Waals surface area contributed by atoms with Gasteiger partial charge in [0.2, 0.25) is 5.91 Å². The normalized spacial score (nSPS) is 12.4. The number of amides is 1. The summed E-state index contributed by atoms with van der Waals surface area (Å²) in [5.74, 6) is -0.635. The van der Waals surface area contributed by atoms with E-state index in [4.69, 9.17) is 9.22 Å². The van der Waals surface area contributed by atoms with Crippen LogP contribution in [-0.4, -0.2) is 89.2 Å². The Morgan fingerprint density at radius 1 is 0.816 bits per heavy atom. The Kier molecular flexibility index (Phi) is 19.1. The topological polar surface area (TPSA) is 110 Å². The van der Waals surface area contributed by atoms with Gasteiger partial charge in [0.05, 0.1) is 27.2 Å². The van der Waals surface area contributed by atoms with Crippen molar-refractivity contribution in [3.8, 4) is 0 Å². The van der Waals surface area contributed by atoms with Gasteiger partial charge in [0.25, 0.3) is 17.4 Å². The summed E-state index contributed by atoms with van der Waals surface area (Å²) in [7, 11) is -3.30. The summed E-state index contributed by atoms with van der Waals surface area (Å²) in [6.07, 6.45) is 7.29. The largest absolute Gasteiger partial charge is 0.481 e. The van der Waals surface area contributed by atoms with Crippen LogP contribution in [-0.2, 0) is 22.6 Å². The summed E-state index contributed by atoms with van der Waals surface area (Å²) >= 11 is 0. The SMILES string of the molecule is CC[Si](=O)C[Si](CCCNC(=O)CCCCC[N+](C)(C)CCCCCC(=O)O)(C[Si](=O)CC)O[Si](C)(C)C. The minimum absolute atomic E-state index is 0.0832. The molecule has 0 aromatic heterocycles. The first-order valence-electron chi connectivity index (χ1n) is 14.7. The molecule has 0 radical (unpaired) electrons. The lowest BCUT2D eigenvalue weighted by atomic mass is 10.1. The smallest absolute Gasteiger partial charge is 0.303 e. The molecule has 8 nitrogen and oxygen atoms in total. The van der Waals surface area contributed by atoms with Gasteiger partial charge >= 0.3 is 5.97 Å². The van der Waals surface area contributed by atoms with Crippen LogP contribution in [0.2, 0.25) is 49.1 Å². The number of carboxylic acid groups (broad SMARTS) is 1. The second-order valence-electron chi connectivity index (χ2n) is 12.4. The standard InChI is InChI=1S/C26H56N2O6Si4/c1-8-35(32)23-38(24-36(33)9-2,34-37(5,6)7)22-16-19-27-25(29)17-12-10-14-20-28(3,4)21-15-11-13-18-26(30)31/h8-24H2,1-7H3,(H-,27,29,30,31)/p+1. The fourth-order valence-corrected chi connectivity index (χ4v) is 23.9. The van der Waals surface area contributed by atoms with E-state index in [1.165, 1.54) is 0 Å². The third-order valence-corrected chi connectivity index (χ3v) is 22.1. The van der Waals surface area contributed by atoms with E-state index < -0.39 is 40.0 Å². The van der Waals surface area contributed by atoms with Gasteiger partial charge in [-0.2, -0.15) is 0 Å². The molecule has 0 aliphatic heterocycles. The van der Waals surface area contributed by atoms with Crippen LogP contribution < -0.4 is 5.32 Å². The Hall–Kier alpha value is -0.672. The van der Waals surface area contributed by atoms with Crippen molar-refractivity contribution in [2.75, 3.05) is 33.7 Å². The maximum atomic E-state index is 12.6. The van der Waals surface area contributed by atoms with Crippen LogP contribution in [0.1, 0.15) is 71.6 Å². The summed E-state index contributed by atoms with van der Waals surface area (Å²) < 4.78 is 32.9. The quantitative estimate of drug-likeness (QED) is 0.0850. The number of aliphatic carboxylic acids is 1. The zero-order valence-corrected chi connectivity index (χ0v) is 29.5. The second-order valence-corrected chi connectivity index (χ2v) is 26.7. The van der Waals surface area contributed by atoms with Crippen molar-refractivity contribution in [1.29, 1.82) is 0 Å². The van der Waals surface area contributed by atoms with Crippen molar-refractivity contribution in [1.82, 2.24) is 5.32 Å². The highest BCUT2D eigenvalue weighted by atomic mass is 28.5. The Bertz CT molecular complexity index is 726. The summed E-state index contributed by atoms with van der Waals surface area (Å²) in [6.45, 7) is 13.1. The Morgan fingerprint density at radius 3 is 1.76 bits per heavy atom. The summed E-state index contributed by atoms with van der Waals surface area (Å²) in [6, 6.07) is 2.15. The lowest BCUT2D eigenvalue weighted by molar-refractivity contribution is -0.890. The van der Waals surface area contributed by atoms with E-state index >= 15 is 0 Å². The monoisotopic (exact) mass is 605 g/mol. The predicted molar refractivity (Wildman–Crippen MR) is 162 cm³/mol. The second kappa shape index (κ2) is 19.4. The third-order valence-electron chi connectivity index (χ3n) is 6.80. The number of hydrogen-bond donors (Lipinski definition) is 2. The van der Waals surface area contributed by atoms with E-state index in [2.05, 4.69) is 39.1 Å². The average molecular weight is 606 g/mol. The molecule has 0 saturated heterocycles. The number of rotatable bonds is 24. The average Bonchev–Trinajstić information content (AvgIpc) is 2.79.